The Bertz CT molecular complexity index is 139. The molecule has 15 heavy (non-hydrogen) atoms. The van der Waals surface area contributed by atoms with Crippen LogP contribution in [0.5, 0.6) is 0 Å². The van der Waals surface area contributed by atoms with Crippen LogP contribution in [0.25, 0.3) is 0 Å². The number of hydrogen-bond acceptors (Lipinski definition) is 3. The Morgan fingerprint density at radius 3 is 2.40 bits per heavy atom. The first-order chi connectivity index (χ1) is 7.15. The maximum atomic E-state index is 3.46. The Morgan fingerprint density at radius 1 is 1.27 bits per heavy atom. The molecular formula is C12H29N3. The van der Waals surface area contributed by atoms with Gasteiger partial charge in [-0.05, 0) is 26.8 Å². The molecule has 3 heteroatoms. The molecule has 0 heterocycles. The average molecular weight is 215 g/mol. The Hall–Kier alpha value is -0.120. The van der Waals surface area contributed by atoms with Crippen LogP contribution in [0.3, 0.4) is 0 Å². The maximum absolute atomic E-state index is 3.46. The lowest BCUT2D eigenvalue weighted by Crippen LogP contribution is -2.47. The molecule has 0 radical (unpaired) electrons. The summed E-state index contributed by atoms with van der Waals surface area (Å²) < 4.78 is 0. The molecule has 0 aliphatic heterocycles. The smallest absolute Gasteiger partial charge is 0.0253 e. The van der Waals surface area contributed by atoms with Crippen LogP contribution in [0, 0.1) is 0 Å². The zero-order chi connectivity index (χ0) is 11.7. The van der Waals surface area contributed by atoms with Gasteiger partial charge in [-0.25, -0.2) is 5.01 Å². The van der Waals surface area contributed by atoms with E-state index in [0.717, 1.165) is 6.54 Å². The van der Waals surface area contributed by atoms with Crippen molar-refractivity contribution in [2.24, 2.45) is 0 Å². The lowest BCUT2D eigenvalue weighted by Gasteiger charge is -2.29. The molecule has 0 saturated heterocycles. The van der Waals surface area contributed by atoms with E-state index in [9.17, 15) is 0 Å². The molecule has 0 saturated carbocycles. The van der Waals surface area contributed by atoms with Crippen molar-refractivity contribution in [3.8, 4) is 0 Å². The van der Waals surface area contributed by atoms with Crippen molar-refractivity contribution in [3.63, 3.8) is 0 Å². The predicted octanol–water partition coefficient (Wildman–Crippen LogP) is 2.00. The summed E-state index contributed by atoms with van der Waals surface area (Å²) >= 11 is 0. The van der Waals surface area contributed by atoms with Crippen molar-refractivity contribution >= 4 is 0 Å². The summed E-state index contributed by atoms with van der Waals surface area (Å²) in [6.07, 6.45) is 5.13. The molecule has 2 unspecified atom stereocenters. The third-order valence-electron chi connectivity index (χ3n) is 3.05. The van der Waals surface area contributed by atoms with Gasteiger partial charge < -0.3 is 5.32 Å². The van der Waals surface area contributed by atoms with Crippen molar-refractivity contribution in [2.75, 3.05) is 20.6 Å². The summed E-state index contributed by atoms with van der Waals surface area (Å²) in [5.41, 5.74) is 3.46. The Labute approximate surface area is 95.6 Å². The van der Waals surface area contributed by atoms with Gasteiger partial charge in [-0.15, -0.1) is 0 Å². The minimum absolute atomic E-state index is 0.524. The van der Waals surface area contributed by atoms with Gasteiger partial charge in [0.15, 0.2) is 0 Å². The molecular weight excluding hydrogens is 186 g/mol. The van der Waals surface area contributed by atoms with Gasteiger partial charge in [0.1, 0.15) is 0 Å². The largest absolute Gasteiger partial charge is 0.316 e. The van der Waals surface area contributed by atoms with Gasteiger partial charge in [0.05, 0.1) is 0 Å². The van der Waals surface area contributed by atoms with Crippen LogP contribution in [-0.4, -0.2) is 37.7 Å². The molecule has 92 valence electrons. The van der Waals surface area contributed by atoms with Crippen LogP contribution in [0.4, 0.5) is 0 Å². The van der Waals surface area contributed by atoms with Gasteiger partial charge >= 0.3 is 0 Å². The van der Waals surface area contributed by atoms with Gasteiger partial charge in [-0.3, -0.25) is 5.43 Å². The van der Waals surface area contributed by atoms with E-state index >= 15 is 0 Å². The molecule has 2 N–H and O–H groups in total. The molecule has 3 nitrogen and oxygen atoms in total. The monoisotopic (exact) mass is 215 g/mol. The zero-order valence-electron chi connectivity index (χ0n) is 11.1. The molecule has 0 aliphatic carbocycles. The van der Waals surface area contributed by atoms with Crippen molar-refractivity contribution < 1.29 is 0 Å². The molecule has 2 atom stereocenters. The van der Waals surface area contributed by atoms with Gasteiger partial charge in [-0.1, -0.05) is 26.7 Å². The fraction of sp³-hybridized carbons (Fsp3) is 1.00. The van der Waals surface area contributed by atoms with Crippen LogP contribution in [-0.2, 0) is 0 Å². The van der Waals surface area contributed by atoms with Crippen LogP contribution in [0.2, 0.25) is 0 Å². The van der Waals surface area contributed by atoms with Crippen LogP contribution in [0.1, 0.15) is 46.5 Å². The first-order valence-electron chi connectivity index (χ1n) is 6.29. The Morgan fingerprint density at radius 2 is 1.93 bits per heavy atom. The first-order valence-corrected chi connectivity index (χ1v) is 6.29. The highest BCUT2D eigenvalue weighted by Crippen LogP contribution is 2.08. The number of unbranched alkanes of at least 4 members (excludes halogenated alkanes) is 1. The van der Waals surface area contributed by atoms with Gasteiger partial charge in [0.2, 0.25) is 0 Å². The first kappa shape index (κ1) is 14.9. The van der Waals surface area contributed by atoms with E-state index in [2.05, 4.69) is 43.6 Å². The number of nitrogens with zero attached hydrogens (tertiary/aromatic N) is 1. The van der Waals surface area contributed by atoms with E-state index in [1.54, 1.807) is 0 Å². The number of hydrogen-bond donors (Lipinski definition) is 2. The fourth-order valence-electron chi connectivity index (χ4n) is 1.62. The second-order valence-corrected chi connectivity index (χ2v) is 4.37. The average Bonchev–Trinajstić information content (AvgIpc) is 2.26. The Kier molecular flexibility index (Phi) is 9.06. The predicted molar refractivity (Wildman–Crippen MR) is 67.9 cm³/mol. The number of hydrazine groups is 1. The number of rotatable bonds is 9. The summed E-state index contributed by atoms with van der Waals surface area (Å²) in [4.78, 5) is 0. The minimum atomic E-state index is 0.524. The van der Waals surface area contributed by atoms with Crippen LogP contribution >= 0.6 is 0 Å². The van der Waals surface area contributed by atoms with Gasteiger partial charge in [0, 0.05) is 25.7 Å². The van der Waals surface area contributed by atoms with Crippen LogP contribution in [0.15, 0.2) is 0 Å². The van der Waals surface area contributed by atoms with E-state index in [4.69, 9.17) is 0 Å². The summed E-state index contributed by atoms with van der Waals surface area (Å²) in [6, 6.07) is 1.20. The van der Waals surface area contributed by atoms with Crippen molar-refractivity contribution in [1.82, 2.24) is 15.8 Å². The van der Waals surface area contributed by atoms with Crippen molar-refractivity contribution in [1.29, 1.82) is 0 Å². The molecule has 0 aromatic heterocycles. The van der Waals surface area contributed by atoms with E-state index < -0.39 is 0 Å². The number of likely N-dealkylation sites (N-methyl/N-ethyl adjacent to an activating group) is 1. The molecule has 0 aromatic carbocycles. The molecule has 0 fully saturated rings. The molecule has 0 aromatic rings. The summed E-state index contributed by atoms with van der Waals surface area (Å²) in [5.74, 6) is 0. The second kappa shape index (κ2) is 9.13. The SMILES string of the molecule is CCCCC(CC)N(C)NCC(C)NC. The zero-order valence-corrected chi connectivity index (χ0v) is 11.1. The van der Waals surface area contributed by atoms with Gasteiger partial charge in [-0.2, -0.15) is 0 Å². The quantitative estimate of drug-likeness (QED) is 0.576. The highest BCUT2D eigenvalue weighted by atomic mass is 15.5. The van der Waals surface area contributed by atoms with Crippen molar-refractivity contribution in [3.05, 3.63) is 0 Å². The van der Waals surface area contributed by atoms with Crippen LogP contribution < -0.4 is 10.7 Å². The number of nitrogens with one attached hydrogen (secondary N) is 2. The Balaban J connectivity index is 3.76. The molecule has 0 amide bonds. The third-order valence-corrected chi connectivity index (χ3v) is 3.05. The minimum Gasteiger partial charge on any atom is -0.316 e. The van der Waals surface area contributed by atoms with E-state index in [-0.39, 0.29) is 0 Å². The fourth-order valence-corrected chi connectivity index (χ4v) is 1.62. The summed E-state index contributed by atoms with van der Waals surface area (Å²) in [7, 11) is 4.16. The van der Waals surface area contributed by atoms with Crippen molar-refractivity contribution in [2.45, 2.75) is 58.5 Å². The summed E-state index contributed by atoms with van der Waals surface area (Å²) in [6.45, 7) is 7.70. The lowest BCUT2D eigenvalue weighted by molar-refractivity contribution is 0.143. The third kappa shape index (κ3) is 6.88. The van der Waals surface area contributed by atoms with E-state index in [1.807, 2.05) is 7.05 Å². The summed E-state index contributed by atoms with van der Waals surface area (Å²) in [5, 5.41) is 5.51. The van der Waals surface area contributed by atoms with E-state index in [1.165, 1.54) is 25.7 Å². The molecule has 0 rings (SSSR count). The topological polar surface area (TPSA) is 27.3 Å². The molecule has 0 bridgehead atoms. The lowest BCUT2D eigenvalue weighted by atomic mass is 10.1. The second-order valence-electron chi connectivity index (χ2n) is 4.37. The maximum Gasteiger partial charge on any atom is 0.0253 e. The molecule has 0 aliphatic rings. The normalized spacial score (nSPS) is 15.6. The highest BCUT2D eigenvalue weighted by Gasteiger charge is 2.11. The standard InChI is InChI=1S/C12H29N3/c1-6-8-9-12(7-2)15(5)14-10-11(3)13-4/h11-14H,6-10H2,1-5H3. The van der Waals surface area contributed by atoms with E-state index in [0.29, 0.717) is 12.1 Å². The highest BCUT2D eigenvalue weighted by molar-refractivity contribution is 4.66. The molecule has 0 spiro atoms. The van der Waals surface area contributed by atoms with Gasteiger partial charge in [0.25, 0.3) is 0 Å².